The van der Waals surface area contributed by atoms with Crippen molar-refractivity contribution in [1.29, 1.82) is 0 Å². The van der Waals surface area contributed by atoms with Gasteiger partial charge in [0.25, 0.3) is 0 Å². The molecule has 0 aliphatic heterocycles. The zero-order valence-corrected chi connectivity index (χ0v) is 24.2. The Morgan fingerprint density at radius 3 is 1.62 bits per heavy atom. The second kappa shape index (κ2) is 11.9. The standard InChI is InChI=1S/C39H35N3/c1-38(32-17-5-3-6-18-32,36-23-9-11-25-40-36)28-30-15-13-16-31(27-30)35-22-14-21-34(42-35)29-39(2,33-19-7-4-8-20-33)37-24-10-12-26-41-37/h3-27H,28-29H2,1-2H3. The van der Waals surface area contributed by atoms with Gasteiger partial charge < -0.3 is 0 Å². The highest BCUT2D eigenvalue weighted by Crippen LogP contribution is 2.36. The molecule has 3 aromatic heterocycles. The van der Waals surface area contributed by atoms with Crippen LogP contribution in [-0.4, -0.2) is 15.0 Å². The molecule has 0 saturated heterocycles. The Bertz CT molecular complexity index is 1520. The lowest BCUT2D eigenvalue weighted by molar-refractivity contribution is 0.541. The van der Waals surface area contributed by atoms with Crippen LogP contribution in [0.3, 0.4) is 0 Å². The summed E-state index contributed by atoms with van der Waals surface area (Å²) >= 11 is 0. The van der Waals surface area contributed by atoms with Crippen LogP contribution in [0.2, 0.25) is 0 Å². The molecule has 0 radical (unpaired) electrons. The quantitative estimate of drug-likeness (QED) is 0.182. The molecule has 206 valence electrons. The second-order valence-electron chi connectivity index (χ2n) is 11.4. The third-order valence-corrected chi connectivity index (χ3v) is 8.40. The van der Waals surface area contributed by atoms with Gasteiger partial charge >= 0.3 is 0 Å². The Morgan fingerprint density at radius 1 is 0.500 bits per heavy atom. The lowest BCUT2D eigenvalue weighted by Crippen LogP contribution is -2.28. The fourth-order valence-electron chi connectivity index (χ4n) is 6.02. The minimum atomic E-state index is -0.309. The number of benzene rings is 3. The van der Waals surface area contributed by atoms with Gasteiger partial charge in [-0.2, -0.15) is 0 Å². The molecule has 0 spiro atoms. The highest BCUT2D eigenvalue weighted by molar-refractivity contribution is 5.60. The van der Waals surface area contributed by atoms with Gasteiger partial charge in [0, 0.05) is 40.9 Å². The molecule has 0 fully saturated rings. The molecule has 42 heavy (non-hydrogen) atoms. The van der Waals surface area contributed by atoms with Crippen molar-refractivity contribution < 1.29 is 0 Å². The van der Waals surface area contributed by atoms with Crippen molar-refractivity contribution in [3.8, 4) is 11.3 Å². The van der Waals surface area contributed by atoms with Gasteiger partial charge in [-0.05, 0) is 79.4 Å². The zero-order chi connectivity index (χ0) is 28.8. The lowest BCUT2D eigenvalue weighted by atomic mass is 9.74. The van der Waals surface area contributed by atoms with Crippen molar-refractivity contribution in [2.75, 3.05) is 0 Å². The lowest BCUT2D eigenvalue weighted by Gasteiger charge is -2.30. The van der Waals surface area contributed by atoms with Gasteiger partial charge in [-0.15, -0.1) is 0 Å². The van der Waals surface area contributed by atoms with Crippen molar-refractivity contribution in [1.82, 2.24) is 15.0 Å². The van der Waals surface area contributed by atoms with Crippen LogP contribution in [0.15, 0.2) is 152 Å². The van der Waals surface area contributed by atoms with Gasteiger partial charge in [-0.3, -0.25) is 15.0 Å². The minimum Gasteiger partial charge on any atom is -0.260 e. The van der Waals surface area contributed by atoms with E-state index in [1.165, 1.54) is 16.7 Å². The monoisotopic (exact) mass is 545 g/mol. The van der Waals surface area contributed by atoms with Crippen LogP contribution in [0.5, 0.6) is 0 Å². The van der Waals surface area contributed by atoms with Crippen LogP contribution in [0.1, 0.15) is 47.6 Å². The molecule has 2 unspecified atom stereocenters. The van der Waals surface area contributed by atoms with Gasteiger partial charge in [-0.1, -0.05) is 97.1 Å². The number of hydrogen-bond donors (Lipinski definition) is 0. The van der Waals surface area contributed by atoms with E-state index in [0.29, 0.717) is 0 Å². The van der Waals surface area contributed by atoms with Gasteiger partial charge in [0.2, 0.25) is 0 Å². The topological polar surface area (TPSA) is 38.7 Å². The van der Waals surface area contributed by atoms with Crippen molar-refractivity contribution in [3.63, 3.8) is 0 Å². The van der Waals surface area contributed by atoms with Crippen molar-refractivity contribution in [2.24, 2.45) is 0 Å². The number of aromatic nitrogens is 3. The van der Waals surface area contributed by atoms with E-state index in [-0.39, 0.29) is 10.8 Å². The largest absolute Gasteiger partial charge is 0.260 e. The van der Waals surface area contributed by atoms with Crippen molar-refractivity contribution in [3.05, 3.63) is 186 Å². The Kier molecular flexibility index (Phi) is 7.74. The maximum absolute atomic E-state index is 5.19. The van der Waals surface area contributed by atoms with Gasteiger partial charge in [-0.25, -0.2) is 0 Å². The molecule has 3 nitrogen and oxygen atoms in total. The molecule has 2 atom stereocenters. The summed E-state index contributed by atoms with van der Waals surface area (Å²) in [5.74, 6) is 0. The van der Waals surface area contributed by atoms with Crippen molar-refractivity contribution in [2.45, 2.75) is 37.5 Å². The maximum Gasteiger partial charge on any atom is 0.0705 e. The number of nitrogens with zero attached hydrogens (tertiary/aromatic N) is 3. The molecule has 3 aromatic carbocycles. The fraction of sp³-hybridized carbons (Fsp3) is 0.154. The maximum atomic E-state index is 5.19. The van der Waals surface area contributed by atoms with E-state index >= 15 is 0 Å². The summed E-state index contributed by atoms with van der Waals surface area (Å²) in [5.41, 5.74) is 8.40. The summed E-state index contributed by atoms with van der Waals surface area (Å²) in [4.78, 5) is 14.7. The van der Waals surface area contributed by atoms with E-state index in [4.69, 9.17) is 15.0 Å². The molecule has 0 bridgehead atoms. The zero-order valence-electron chi connectivity index (χ0n) is 24.2. The highest BCUT2D eigenvalue weighted by Gasteiger charge is 2.32. The first-order chi connectivity index (χ1) is 20.5. The smallest absolute Gasteiger partial charge is 0.0705 e. The number of rotatable bonds is 9. The SMILES string of the molecule is CC(Cc1cccc(-c2cccc(CC(C)(c3ccccc3)c3ccccn3)n2)c1)(c1ccccc1)c1ccccn1. The Balaban J connectivity index is 1.33. The minimum absolute atomic E-state index is 0.267. The van der Waals surface area contributed by atoms with E-state index in [1.54, 1.807) is 0 Å². The van der Waals surface area contributed by atoms with Crippen LogP contribution in [0.25, 0.3) is 11.3 Å². The van der Waals surface area contributed by atoms with Gasteiger partial charge in [0.05, 0.1) is 17.1 Å². The number of hydrogen-bond acceptors (Lipinski definition) is 3. The normalized spacial score (nSPS) is 14.0. The van der Waals surface area contributed by atoms with E-state index in [1.807, 2.05) is 24.5 Å². The van der Waals surface area contributed by atoms with E-state index in [2.05, 4.69) is 141 Å². The summed E-state index contributed by atoms with van der Waals surface area (Å²) in [7, 11) is 0. The second-order valence-corrected chi connectivity index (χ2v) is 11.4. The molecule has 3 heteroatoms. The molecule has 0 N–H and O–H groups in total. The Morgan fingerprint density at radius 2 is 1.05 bits per heavy atom. The Hall–Kier alpha value is -4.89. The molecule has 0 amide bonds. The third kappa shape index (κ3) is 5.64. The first kappa shape index (κ1) is 27.3. The average molecular weight is 546 g/mol. The van der Waals surface area contributed by atoms with Gasteiger partial charge in [0.15, 0.2) is 0 Å². The van der Waals surface area contributed by atoms with E-state index in [0.717, 1.165) is 41.2 Å². The first-order valence-corrected chi connectivity index (χ1v) is 14.5. The Labute approximate surface area is 249 Å². The van der Waals surface area contributed by atoms with Crippen LogP contribution < -0.4 is 0 Å². The molecule has 0 saturated carbocycles. The molecule has 6 rings (SSSR count). The molecule has 6 aromatic rings. The molecular weight excluding hydrogens is 510 g/mol. The third-order valence-electron chi connectivity index (χ3n) is 8.40. The highest BCUT2D eigenvalue weighted by atomic mass is 14.7. The molecule has 3 heterocycles. The molecule has 0 aliphatic rings. The van der Waals surface area contributed by atoms with Gasteiger partial charge in [0.1, 0.15) is 0 Å². The predicted octanol–water partition coefficient (Wildman–Crippen LogP) is 8.64. The summed E-state index contributed by atoms with van der Waals surface area (Å²) in [6, 6.07) is 48.8. The van der Waals surface area contributed by atoms with Crippen LogP contribution >= 0.6 is 0 Å². The summed E-state index contributed by atoms with van der Waals surface area (Å²) in [5, 5.41) is 0. The molecular formula is C39H35N3. The van der Waals surface area contributed by atoms with E-state index < -0.39 is 0 Å². The number of pyridine rings is 3. The van der Waals surface area contributed by atoms with E-state index in [9.17, 15) is 0 Å². The fourth-order valence-corrected chi connectivity index (χ4v) is 6.02. The van der Waals surface area contributed by atoms with Crippen molar-refractivity contribution >= 4 is 0 Å². The van der Waals surface area contributed by atoms with Crippen LogP contribution in [0.4, 0.5) is 0 Å². The predicted molar refractivity (Wildman–Crippen MR) is 171 cm³/mol. The molecule has 0 aliphatic carbocycles. The van der Waals surface area contributed by atoms with Crippen LogP contribution in [0, 0.1) is 0 Å². The summed E-state index contributed by atoms with van der Waals surface area (Å²) < 4.78 is 0. The summed E-state index contributed by atoms with van der Waals surface area (Å²) in [6.07, 6.45) is 5.33. The summed E-state index contributed by atoms with van der Waals surface area (Å²) in [6.45, 7) is 4.56. The van der Waals surface area contributed by atoms with Crippen LogP contribution in [-0.2, 0) is 23.7 Å². The average Bonchev–Trinajstić information content (AvgIpc) is 3.06. The first-order valence-electron chi connectivity index (χ1n) is 14.5.